The summed E-state index contributed by atoms with van der Waals surface area (Å²) >= 11 is 0. The Morgan fingerprint density at radius 3 is 2.79 bits per heavy atom. The summed E-state index contributed by atoms with van der Waals surface area (Å²) in [7, 11) is 3.29. The molecule has 1 aromatic heterocycles. The highest BCUT2D eigenvalue weighted by Gasteiger charge is 2.08. The molecule has 0 aliphatic carbocycles. The number of methoxy groups -OCH3 is 2. The zero-order valence-corrected chi connectivity index (χ0v) is 14.0. The molecule has 2 aromatic rings. The van der Waals surface area contributed by atoms with E-state index in [9.17, 15) is 4.79 Å². The van der Waals surface area contributed by atoms with Gasteiger partial charge in [-0.2, -0.15) is 0 Å². The number of aromatic nitrogens is 1. The summed E-state index contributed by atoms with van der Waals surface area (Å²) in [6.45, 7) is 1.78. The normalized spacial score (nSPS) is 10.2. The molecule has 1 aromatic carbocycles. The maximum absolute atomic E-state index is 12.2. The quantitative estimate of drug-likeness (QED) is 0.690. The van der Waals surface area contributed by atoms with Gasteiger partial charge < -0.3 is 20.1 Å². The van der Waals surface area contributed by atoms with E-state index in [2.05, 4.69) is 15.6 Å². The number of carbonyl (C=O) groups is 1. The number of anilines is 1. The van der Waals surface area contributed by atoms with E-state index < -0.39 is 0 Å². The number of carbonyl (C=O) groups excluding carboxylic acids is 1. The third-order valence-electron chi connectivity index (χ3n) is 3.51. The van der Waals surface area contributed by atoms with Crippen LogP contribution in [0.2, 0.25) is 0 Å². The SMILES string of the molecule is COCCNc1cncc(C(=O)NCCc2ccccc2OC)c1. The van der Waals surface area contributed by atoms with Gasteiger partial charge in [-0.25, -0.2) is 0 Å². The largest absolute Gasteiger partial charge is 0.496 e. The summed E-state index contributed by atoms with van der Waals surface area (Å²) in [5, 5.41) is 6.06. The van der Waals surface area contributed by atoms with Gasteiger partial charge >= 0.3 is 0 Å². The molecule has 0 bridgehead atoms. The highest BCUT2D eigenvalue weighted by molar-refractivity contribution is 5.94. The molecule has 24 heavy (non-hydrogen) atoms. The van der Waals surface area contributed by atoms with Gasteiger partial charge in [0.2, 0.25) is 0 Å². The summed E-state index contributed by atoms with van der Waals surface area (Å²) in [4.78, 5) is 16.3. The van der Waals surface area contributed by atoms with E-state index in [1.807, 2.05) is 24.3 Å². The Bertz CT molecular complexity index is 661. The van der Waals surface area contributed by atoms with E-state index in [0.717, 1.165) is 17.0 Å². The van der Waals surface area contributed by atoms with Crippen LogP contribution in [-0.4, -0.2) is 44.8 Å². The topological polar surface area (TPSA) is 72.5 Å². The Morgan fingerprint density at radius 2 is 2.00 bits per heavy atom. The molecule has 0 saturated carbocycles. The lowest BCUT2D eigenvalue weighted by Gasteiger charge is -2.10. The predicted octanol–water partition coefficient (Wildman–Crippen LogP) is 2.12. The summed E-state index contributed by atoms with van der Waals surface area (Å²) in [5.74, 6) is 0.686. The van der Waals surface area contributed by atoms with E-state index in [1.54, 1.807) is 32.7 Å². The second-order valence-corrected chi connectivity index (χ2v) is 5.20. The van der Waals surface area contributed by atoms with Crippen LogP contribution in [0.25, 0.3) is 0 Å². The average Bonchev–Trinajstić information content (AvgIpc) is 2.62. The molecule has 1 amide bonds. The van der Waals surface area contributed by atoms with Crippen molar-refractivity contribution in [3.05, 3.63) is 53.9 Å². The van der Waals surface area contributed by atoms with Crippen molar-refractivity contribution in [2.45, 2.75) is 6.42 Å². The number of nitrogens with zero attached hydrogens (tertiary/aromatic N) is 1. The van der Waals surface area contributed by atoms with E-state index in [1.165, 1.54) is 0 Å². The van der Waals surface area contributed by atoms with Gasteiger partial charge in [-0.15, -0.1) is 0 Å². The molecule has 0 atom stereocenters. The first kappa shape index (κ1) is 17.7. The lowest BCUT2D eigenvalue weighted by atomic mass is 10.1. The molecule has 2 rings (SSSR count). The molecule has 0 aliphatic heterocycles. The lowest BCUT2D eigenvalue weighted by Crippen LogP contribution is -2.26. The van der Waals surface area contributed by atoms with Crippen LogP contribution in [0.1, 0.15) is 15.9 Å². The number of ether oxygens (including phenoxy) is 2. The van der Waals surface area contributed by atoms with Crippen molar-refractivity contribution in [3.8, 4) is 5.75 Å². The van der Waals surface area contributed by atoms with Gasteiger partial charge in [-0.1, -0.05) is 18.2 Å². The molecule has 1 heterocycles. The maximum Gasteiger partial charge on any atom is 0.252 e. The second kappa shape index (κ2) is 9.52. The van der Waals surface area contributed by atoms with Crippen molar-refractivity contribution >= 4 is 11.6 Å². The monoisotopic (exact) mass is 329 g/mol. The van der Waals surface area contributed by atoms with Crippen molar-refractivity contribution in [3.63, 3.8) is 0 Å². The van der Waals surface area contributed by atoms with Gasteiger partial charge in [0.1, 0.15) is 5.75 Å². The smallest absolute Gasteiger partial charge is 0.252 e. The first-order chi connectivity index (χ1) is 11.7. The minimum atomic E-state index is -0.146. The van der Waals surface area contributed by atoms with Crippen molar-refractivity contribution < 1.29 is 14.3 Å². The van der Waals surface area contributed by atoms with E-state index in [0.29, 0.717) is 31.7 Å². The van der Waals surface area contributed by atoms with E-state index in [4.69, 9.17) is 9.47 Å². The third-order valence-corrected chi connectivity index (χ3v) is 3.51. The van der Waals surface area contributed by atoms with Crippen LogP contribution in [0.5, 0.6) is 5.75 Å². The average molecular weight is 329 g/mol. The van der Waals surface area contributed by atoms with E-state index in [-0.39, 0.29) is 5.91 Å². The zero-order chi connectivity index (χ0) is 17.2. The Hall–Kier alpha value is -2.60. The highest BCUT2D eigenvalue weighted by Crippen LogP contribution is 2.17. The predicted molar refractivity (Wildman–Crippen MR) is 93.6 cm³/mol. The van der Waals surface area contributed by atoms with Crippen molar-refractivity contribution in [2.24, 2.45) is 0 Å². The van der Waals surface area contributed by atoms with Crippen LogP contribution < -0.4 is 15.4 Å². The summed E-state index contributed by atoms with van der Waals surface area (Å²) in [5.41, 5.74) is 2.38. The second-order valence-electron chi connectivity index (χ2n) is 5.20. The number of hydrogen-bond acceptors (Lipinski definition) is 5. The van der Waals surface area contributed by atoms with Crippen LogP contribution in [0.3, 0.4) is 0 Å². The molecular weight excluding hydrogens is 306 g/mol. The Kier molecular flexibility index (Phi) is 7.04. The lowest BCUT2D eigenvalue weighted by molar-refractivity contribution is 0.0953. The Balaban J connectivity index is 1.87. The van der Waals surface area contributed by atoms with Crippen LogP contribution >= 0.6 is 0 Å². The first-order valence-corrected chi connectivity index (χ1v) is 7.82. The van der Waals surface area contributed by atoms with Gasteiger partial charge in [0.05, 0.1) is 25.0 Å². The van der Waals surface area contributed by atoms with Crippen molar-refractivity contribution in [1.29, 1.82) is 0 Å². The molecule has 0 saturated heterocycles. The number of pyridine rings is 1. The van der Waals surface area contributed by atoms with Gasteiger partial charge in [0, 0.05) is 32.6 Å². The molecule has 0 spiro atoms. The number of rotatable bonds is 9. The first-order valence-electron chi connectivity index (χ1n) is 7.82. The Labute approximate surface area is 142 Å². The van der Waals surface area contributed by atoms with Gasteiger partial charge in [-0.05, 0) is 24.1 Å². The van der Waals surface area contributed by atoms with Crippen LogP contribution in [-0.2, 0) is 11.2 Å². The fraction of sp³-hybridized carbons (Fsp3) is 0.333. The van der Waals surface area contributed by atoms with Gasteiger partial charge in [0.25, 0.3) is 5.91 Å². The van der Waals surface area contributed by atoms with Crippen LogP contribution in [0, 0.1) is 0 Å². The number of para-hydroxylation sites is 1. The molecule has 2 N–H and O–H groups in total. The summed E-state index contributed by atoms with van der Waals surface area (Å²) in [6.07, 6.45) is 3.94. The fourth-order valence-electron chi connectivity index (χ4n) is 2.28. The minimum Gasteiger partial charge on any atom is -0.496 e. The molecule has 0 radical (unpaired) electrons. The number of nitrogens with one attached hydrogen (secondary N) is 2. The Morgan fingerprint density at radius 1 is 1.17 bits per heavy atom. The van der Waals surface area contributed by atoms with Crippen molar-refractivity contribution in [2.75, 3.05) is 39.2 Å². The summed E-state index contributed by atoms with van der Waals surface area (Å²) < 4.78 is 10.3. The van der Waals surface area contributed by atoms with Crippen LogP contribution in [0.4, 0.5) is 5.69 Å². The van der Waals surface area contributed by atoms with Crippen molar-refractivity contribution in [1.82, 2.24) is 10.3 Å². The number of benzene rings is 1. The zero-order valence-electron chi connectivity index (χ0n) is 14.0. The van der Waals surface area contributed by atoms with Crippen LogP contribution in [0.15, 0.2) is 42.7 Å². The van der Waals surface area contributed by atoms with Gasteiger partial charge in [0.15, 0.2) is 0 Å². The standard InChI is InChI=1S/C18H23N3O3/c1-23-10-9-20-16-11-15(12-19-13-16)18(22)21-8-7-14-5-3-4-6-17(14)24-2/h3-6,11-13,20H,7-10H2,1-2H3,(H,21,22). The number of amides is 1. The molecule has 0 unspecified atom stereocenters. The molecule has 6 heteroatoms. The molecule has 128 valence electrons. The van der Waals surface area contributed by atoms with E-state index >= 15 is 0 Å². The molecule has 6 nitrogen and oxygen atoms in total. The molecule has 0 fully saturated rings. The summed E-state index contributed by atoms with van der Waals surface area (Å²) in [6, 6.07) is 9.57. The highest BCUT2D eigenvalue weighted by atomic mass is 16.5. The minimum absolute atomic E-state index is 0.146. The number of hydrogen-bond donors (Lipinski definition) is 2. The molecular formula is C18H23N3O3. The third kappa shape index (κ3) is 5.24. The fourth-order valence-corrected chi connectivity index (χ4v) is 2.28. The van der Waals surface area contributed by atoms with Gasteiger partial charge in [-0.3, -0.25) is 9.78 Å². The maximum atomic E-state index is 12.2. The molecule has 0 aliphatic rings.